The smallest absolute Gasteiger partial charge is 0.328 e. The summed E-state index contributed by atoms with van der Waals surface area (Å²) >= 11 is 1.51. The number of nitrogen functional groups attached to an aromatic ring is 1. The van der Waals surface area contributed by atoms with Gasteiger partial charge < -0.3 is 10.8 Å². The van der Waals surface area contributed by atoms with Crippen molar-refractivity contribution >= 4 is 34.8 Å². The van der Waals surface area contributed by atoms with Crippen LogP contribution in [0, 0.1) is 0 Å². The van der Waals surface area contributed by atoms with Crippen molar-refractivity contribution in [2.45, 2.75) is 58.2 Å². The molecule has 200 valence electrons. The standard InChI is InChI=1S/C26H37N7O3S/c1-4-12-31-24(35)23-26(5-2,32(25(31)36)13-11-19-7-9-20(27)10-8-19)29-22(16-21-17-37-18-28-21)33(23)30(6-3)14-15-34/h7-10,17-18,23,34H,4-6,11-16,27H2,1-3H3. The molecular weight excluding hydrogens is 490 g/mol. The van der Waals surface area contributed by atoms with E-state index in [0.717, 1.165) is 11.3 Å². The number of aromatic nitrogens is 1. The largest absolute Gasteiger partial charge is 0.399 e. The van der Waals surface area contributed by atoms with Gasteiger partial charge in [0.1, 0.15) is 5.84 Å². The highest BCUT2D eigenvalue weighted by Crippen LogP contribution is 2.41. The third-order valence-corrected chi connectivity index (χ3v) is 7.76. The molecule has 2 aromatic rings. The molecule has 1 aromatic carbocycles. The van der Waals surface area contributed by atoms with Crippen molar-refractivity contribution in [2.75, 3.05) is 38.5 Å². The lowest BCUT2D eigenvalue weighted by Crippen LogP contribution is -2.74. The van der Waals surface area contributed by atoms with Crippen LogP contribution in [0.3, 0.4) is 0 Å². The van der Waals surface area contributed by atoms with Crippen molar-refractivity contribution in [1.82, 2.24) is 24.8 Å². The maximum absolute atomic E-state index is 14.1. The maximum Gasteiger partial charge on any atom is 0.328 e. The fraction of sp³-hybridized carbons (Fsp3) is 0.538. The SMILES string of the molecule is CCCN1C(=O)C2N(N(CC)CCO)C(Cc3cscn3)=NC2(CC)N(CCc2ccc(N)cc2)C1=O. The summed E-state index contributed by atoms with van der Waals surface area (Å²) in [5, 5.41) is 15.7. The molecule has 1 saturated heterocycles. The van der Waals surface area contributed by atoms with E-state index in [-0.39, 0.29) is 18.5 Å². The average Bonchev–Trinajstić information content (AvgIpc) is 3.53. The minimum atomic E-state index is -1.06. The van der Waals surface area contributed by atoms with Crippen LogP contribution in [-0.4, -0.2) is 92.2 Å². The zero-order chi connectivity index (χ0) is 26.6. The lowest BCUT2D eigenvalue weighted by Gasteiger charge is -2.51. The number of aliphatic imine (C=N–C) groups is 1. The number of urea groups is 1. The number of aliphatic hydroxyl groups excluding tert-OH is 1. The highest BCUT2D eigenvalue weighted by molar-refractivity contribution is 7.07. The minimum Gasteiger partial charge on any atom is -0.399 e. The molecule has 11 heteroatoms. The van der Waals surface area contributed by atoms with E-state index in [1.54, 1.807) is 10.4 Å². The van der Waals surface area contributed by atoms with E-state index in [2.05, 4.69) is 4.98 Å². The molecule has 0 saturated carbocycles. The van der Waals surface area contributed by atoms with Crippen LogP contribution in [0.15, 0.2) is 40.1 Å². The fourth-order valence-electron chi connectivity index (χ4n) is 5.32. The van der Waals surface area contributed by atoms with Crippen molar-refractivity contribution in [2.24, 2.45) is 4.99 Å². The van der Waals surface area contributed by atoms with Crippen molar-refractivity contribution in [3.05, 3.63) is 46.4 Å². The molecule has 2 atom stereocenters. The molecule has 1 aromatic heterocycles. The Morgan fingerprint density at radius 3 is 2.51 bits per heavy atom. The van der Waals surface area contributed by atoms with Gasteiger partial charge in [0.25, 0.3) is 5.91 Å². The predicted molar refractivity (Wildman–Crippen MR) is 145 cm³/mol. The number of hydrazine groups is 1. The first-order chi connectivity index (χ1) is 17.9. The van der Waals surface area contributed by atoms with E-state index < -0.39 is 11.7 Å². The third-order valence-electron chi connectivity index (χ3n) is 7.12. The molecule has 3 N–H and O–H groups in total. The number of aliphatic hydroxyl groups is 1. The molecule has 4 rings (SSSR count). The number of amides is 3. The molecule has 3 heterocycles. The van der Waals surface area contributed by atoms with Crippen LogP contribution in [-0.2, 0) is 17.6 Å². The minimum absolute atomic E-state index is 0.0627. The lowest BCUT2D eigenvalue weighted by atomic mass is 9.91. The topological polar surface area (TPSA) is 119 Å². The Hall–Kier alpha value is -3.02. The normalized spacial score (nSPS) is 21.7. The summed E-state index contributed by atoms with van der Waals surface area (Å²) in [6.45, 7) is 7.55. The van der Waals surface area contributed by atoms with Crippen LogP contribution in [0.4, 0.5) is 10.5 Å². The molecule has 0 bridgehead atoms. The molecule has 2 aliphatic heterocycles. The Balaban J connectivity index is 1.79. The van der Waals surface area contributed by atoms with Gasteiger partial charge in [0.2, 0.25) is 0 Å². The second-order valence-corrected chi connectivity index (χ2v) is 10.1. The van der Waals surface area contributed by atoms with Gasteiger partial charge in [0.15, 0.2) is 11.7 Å². The maximum atomic E-state index is 14.1. The van der Waals surface area contributed by atoms with E-state index >= 15 is 0 Å². The Kier molecular flexibility index (Phi) is 8.46. The molecule has 3 amide bonds. The van der Waals surface area contributed by atoms with Crippen LogP contribution in [0.5, 0.6) is 0 Å². The summed E-state index contributed by atoms with van der Waals surface area (Å²) in [5.41, 5.74) is 9.19. The Morgan fingerprint density at radius 2 is 1.92 bits per heavy atom. The Morgan fingerprint density at radius 1 is 1.16 bits per heavy atom. The second kappa shape index (κ2) is 11.6. The number of carbonyl (C=O) groups is 2. The number of likely N-dealkylation sites (N-methyl/N-ethyl adjacent to an activating group) is 1. The summed E-state index contributed by atoms with van der Waals surface area (Å²) < 4.78 is 0. The first kappa shape index (κ1) is 27.0. The number of imide groups is 1. The number of fused-ring (bicyclic) bond motifs is 1. The summed E-state index contributed by atoms with van der Waals surface area (Å²) in [5.74, 6) is 0.441. The van der Waals surface area contributed by atoms with Gasteiger partial charge in [-0.05, 0) is 37.0 Å². The molecule has 0 radical (unpaired) electrons. The van der Waals surface area contributed by atoms with Crippen LogP contribution >= 0.6 is 11.3 Å². The van der Waals surface area contributed by atoms with Crippen LogP contribution in [0.1, 0.15) is 44.9 Å². The first-order valence-electron chi connectivity index (χ1n) is 13.0. The Bertz CT molecular complexity index is 1110. The van der Waals surface area contributed by atoms with Gasteiger partial charge in [0, 0.05) is 43.7 Å². The van der Waals surface area contributed by atoms with Gasteiger partial charge in [-0.15, -0.1) is 11.3 Å². The van der Waals surface area contributed by atoms with Crippen LogP contribution in [0.25, 0.3) is 0 Å². The van der Waals surface area contributed by atoms with Gasteiger partial charge in [0.05, 0.1) is 17.8 Å². The number of hydrogen-bond acceptors (Lipinski definition) is 9. The van der Waals surface area contributed by atoms with E-state index in [1.165, 1.54) is 16.2 Å². The predicted octanol–water partition coefficient (Wildman–Crippen LogP) is 2.60. The average molecular weight is 528 g/mol. The number of nitrogens with two attached hydrogens (primary N) is 1. The highest BCUT2D eigenvalue weighted by atomic mass is 32.1. The molecule has 2 aliphatic rings. The van der Waals surface area contributed by atoms with Gasteiger partial charge >= 0.3 is 6.03 Å². The van der Waals surface area contributed by atoms with Crippen molar-refractivity contribution in [1.29, 1.82) is 0 Å². The number of nitrogens with zero attached hydrogens (tertiary/aromatic N) is 6. The molecule has 37 heavy (non-hydrogen) atoms. The molecule has 2 unspecified atom stereocenters. The summed E-state index contributed by atoms with van der Waals surface area (Å²) in [6.07, 6.45) is 2.19. The number of thiazole rings is 1. The molecule has 1 fully saturated rings. The van der Waals surface area contributed by atoms with E-state index in [9.17, 15) is 14.7 Å². The zero-order valence-corrected chi connectivity index (χ0v) is 22.7. The number of amidine groups is 1. The zero-order valence-electron chi connectivity index (χ0n) is 21.8. The van der Waals surface area contributed by atoms with Crippen LogP contribution in [0.2, 0.25) is 0 Å². The first-order valence-corrected chi connectivity index (χ1v) is 13.9. The molecule has 0 spiro atoms. The number of rotatable bonds is 12. The second-order valence-electron chi connectivity index (χ2n) is 9.35. The number of hydrogen-bond donors (Lipinski definition) is 2. The number of benzene rings is 1. The van der Waals surface area contributed by atoms with E-state index in [0.29, 0.717) is 63.4 Å². The lowest BCUT2D eigenvalue weighted by molar-refractivity contribution is -0.151. The molecule has 0 aliphatic carbocycles. The van der Waals surface area contributed by atoms with Crippen molar-refractivity contribution in [3.63, 3.8) is 0 Å². The van der Waals surface area contributed by atoms with Crippen molar-refractivity contribution < 1.29 is 14.7 Å². The molecule has 10 nitrogen and oxygen atoms in total. The van der Waals surface area contributed by atoms with Crippen LogP contribution < -0.4 is 5.73 Å². The van der Waals surface area contributed by atoms with Gasteiger partial charge in [-0.3, -0.25) is 19.6 Å². The molecular formula is C26H37N7O3S. The summed E-state index contributed by atoms with van der Waals surface area (Å²) in [7, 11) is 0. The van der Waals surface area contributed by atoms with E-state index in [1.807, 2.05) is 60.4 Å². The van der Waals surface area contributed by atoms with E-state index in [4.69, 9.17) is 10.7 Å². The monoisotopic (exact) mass is 527 g/mol. The van der Waals surface area contributed by atoms with Gasteiger partial charge in [-0.2, -0.15) is 0 Å². The Labute approximate surface area is 222 Å². The summed E-state index contributed by atoms with van der Waals surface area (Å²) in [6, 6.07) is 6.62. The van der Waals surface area contributed by atoms with Gasteiger partial charge in [-0.1, -0.05) is 32.9 Å². The number of carbonyl (C=O) groups excluding carboxylic acids is 2. The fourth-order valence-corrected chi connectivity index (χ4v) is 5.88. The number of anilines is 1. The van der Waals surface area contributed by atoms with Crippen molar-refractivity contribution in [3.8, 4) is 0 Å². The summed E-state index contributed by atoms with van der Waals surface area (Å²) in [4.78, 5) is 40.7. The highest BCUT2D eigenvalue weighted by Gasteiger charge is 2.62. The van der Waals surface area contributed by atoms with Gasteiger partial charge in [-0.25, -0.2) is 19.8 Å². The third kappa shape index (κ3) is 5.07. The quantitative estimate of drug-likeness (QED) is 0.407.